The first-order chi connectivity index (χ1) is 11.3. The molecule has 1 radical (unpaired) electrons. The van der Waals surface area contributed by atoms with Crippen LogP contribution in [0.25, 0.3) is 11.1 Å². The maximum Gasteiger partial charge on any atom is 0.114 e. The lowest BCUT2D eigenvalue weighted by Crippen LogP contribution is -2.17. The molecule has 1 aliphatic heterocycles. The number of anilines is 1. The number of rotatable bonds is 5. The summed E-state index contributed by atoms with van der Waals surface area (Å²) in [4.78, 5) is 3.93. The van der Waals surface area contributed by atoms with Gasteiger partial charge in [0.2, 0.25) is 0 Å². The van der Waals surface area contributed by atoms with Crippen LogP contribution in [0.3, 0.4) is 0 Å². The molecule has 0 fully saturated rings. The predicted molar refractivity (Wildman–Crippen MR) is 103 cm³/mol. The van der Waals surface area contributed by atoms with Crippen LogP contribution in [0.5, 0.6) is 0 Å². The van der Waals surface area contributed by atoms with Crippen molar-refractivity contribution < 1.29 is 0 Å². The highest BCUT2D eigenvalue weighted by Crippen LogP contribution is 2.46. The molecule has 0 saturated carbocycles. The lowest BCUT2D eigenvalue weighted by atomic mass is 9.97. The highest BCUT2D eigenvalue weighted by molar-refractivity contribution is 8.05. The first-order valence-corrected chi connectivity index (χ1v) is 9.36. The fourth-order valence-electron chi connectivity index (χ4n) is 3.24. The summed E-state index contributed by atoms with van der Waals surface area (Å²) in [6.45, 7) is 6.75. The molecule has 1 aliphatic rings. The first kappa shape index (κ1) is 16.2. The molecule has 2 heteroatoms. The highest BCUT2D eigenvalue weighted by atomic mass is 32.2. The van der Waals surface area contributed by atoms with Gasteiger partial charge in [-0.1, -0.05) is 69.3 Å². The van der Waals surface area contributed by atoms with E-state index in [1.54, 1.807) is 0 Å². The van der Waals surface area contributed by atoms with Gasteiger partial charge in [0.05, 0.1) is 5.69 Å². The van der Waals surface area contributed by atoms with E-state index in [9.17, 15) is 0 Å². The highest BCUT2D eigenvalue weighted by Gasteiger charge is 2.26. The molecule has 0 spiro atoms. The van der Waals surface area contributed by atoms with Gasteiger partial charge in [-0.3, -0.25) is 0 Å². The molecule has 0 saturated heterocycles. The molecule has 0 N–H and O–H groups in total. The summed E-state index contributed by atoms with van der Waals surface area (Å²) < 4.78 is 0. The summed E-state index contributed by atoms with van der Waals surface area (Å²) >= 11 is 1.88. The minimum absolute atomic E-state index is 1.05. The van der Waals surface area contributed by atoms with Crippen LogP contribution in [-0.4, -0.2) is 0 Å². The third-order valence-corrected chi connectivity index (χ3v) is 5.52. The van der Waals surface area contributed by atoms with E-state index in [2.05, 4.69) is 80.1 Å². The summed E-state index contributed by atoms with van der Waals surface area (Å²) in [7, 11) is 0. The van der Waals surface area contributed by atoms with Crippen molar-refractivity contribution in [1.29, 1.82) is 0 Å². The topological polar surface area (TPSA) is 3.24 Å². The Labute approximate surface area is 144 Å². The van der Waals surface area contributed by atoms with Crippen LogP contribution >= 0.6 is 11.8 Å². The summed E-state index contributed by atoms with van der Waals surface area (Å²) in [6, 6.07) is 17.4. The third-order valence-electron chi connectivity index (χ3n) is 4.40. The largest absolute Gasteiger partial charge is 0.328 e. The predicted octanol–water partition coefficient (Wildman–Crippen LogP) is 6.62. The Kier molecular flexibility index (Phi) is 5.12. The van der Waals surface area contributed by atoms with Crippen molar-refractivity contribution in [2.45, 2.75) is 40.0 Å². The Hall–Kier alpha value is -1.67. The van der Waals surface area contributed by atoms with Crippen LogP contribution in [0.2, 0.25) is 0 Å². The standard InChI is InChI=1S/C21H24NS/c1-4-16-13-10-14-18(17-11-8-7-9-12-17)21(16)22-15-23-20(6-3)19(22)5-2/h7-15H,4-6H2,1-3H3. The van der Waals surface area contributed by atoms with Crippen LogP contribution in [0.1, 0.15) is 39.2 Å². The Morgan fingerprint density at radius 2 is 1.61 bits per heavy atom. The molecule has 1 heterocycles. The van der Waals surface area contributed by atoms with Crippen molar-refractivity contribution in [3.63, 3.8) is 0 Å². The molecule has 0 unspecified atom stereocenters. The molecule has 1 nitrogen and oxygen atoms in total. The van der Waals surface area contributed by atoms with Crippen LogP contribution < -0.4 is 4.90 Å². The quantitative estimate of drug-likeness (QED) is 0.608. The van der Waals surface area contributed by atoms with Crippen molar-refractivity contribution in [2.75, 3.05) is 4.90 Å². The average Bonchev–Trinajstić information content (AvgIpc) is 3.04. The first-order valence-electron chi connectivity index (χ1n) is 8.48. The second-order valence-electron chi connectivity index (χ2n) is 5.70. The van der Waals surface area contributed by atoms with Crippen molar-refractivity contribution in [3.8, 4) is 11.1 Å². The molecule has 0 bridgehead atoms. The summed E-state index contributed by atoms with van der Waals surface area (Å²) in [5.41, 5.74) is 6.83. The van der Waals surface area contributed by atoms with Gasteiger partial charge < -0.3 is 4.90 Å². The summed E-state index contributed by atoms with van der Waals surface area (Å²) in [5, 5.41) is 0. The molecule has 2 aromatic carbocycles. The number of allylic oxidation sites excluding steroid dienone is 2. The van der Waals surface area contributed by atoms with Gasteiger partial charge in [0.15, 0.2) is 0 Å². The van der Waals surface area contributed by atoms with Gasteiger partial charge in [0.1, 0.15) is 5.88 Å². The molecule has 119 valence electrons. The second kappa shape index (κ2) is 7.27. The van der Waals surface area contributed by atoms with Gasteiger partial charge in [0.25, 0.3) is 0 Å². The monoisotopic (exact) mass is 322 g/mol. The Bertz CT molecular complexity index is 703. The number of hydrogen-bond acceptors (Lipinski definition) is 2. The number of hydrogen-bond donors (Lipinski definition) is 0. The van der Waals surface area contributed by atoms with Gasteiger partial charge in [-0.2, -0.15) is 0 Å². The zero-order valence-corrected chi connectivity index (χ0v) is 15.0. The van der Waals surface area contributed by atoms with Crippen molar-refractivity contribution in [3.05, 3.63) is 70.6 Å². The SMILES string of the molecule is CCC1=C(CC)N(c2c(CC)cccc2-c2ccccc2)[CH]S1. The molecule has 0 aliphatic carbocycles. The smallest absolute Gasteiger partial charge is 0.114 e. The van der Waals surface area contributed by atoms with Gasteiger partial charge in [-0.15, -0.1) is 11.8 Å². The van der Waals surface area contributed by atoms with Crippen molar-refractivity contribution in [2.24, 2.45) is 0 Å². The molecule has 2 aromatic rings. The maximum absolute atomic E-state index is 2.44. The van der Waals surface area contributed by atoms with E-state index >= 15 is 0 Å². The van der Waals surface area contributed by atoms with Gasteiger partial charge in [-0.05, 0) is 30.4 Å². The number of nitrogens with zero attached hydrogens (tertiary/aromatic N) is 1. The number of benzene rings is 2. The van der Waals surface area contributed by atoms with Crippen molar-refractivity contribution >= 4 is 17.4 Å². The van der Waals surface area contributed by atoms with Crippen LogP contribution in [0.4, 0.5) is 5.69 Å². The van der Waals surface area contributed by atoms with E-state index in [1.807, 2.05) is 11.8 Å². The zero-order valence-electron chi connectivity index (χ0n) is 14.2. The average molecular weight is 322 g/mol. The molecular weight excluding hydrogens is 298 g/mol. The minimum atomic E-state index is 1.05. The van der Waals surface area contributed by atoms with Gasteiger partial charge in [-0.25, -0.2) is 0 Å². The van der Waals surface area contributed by atoms with E-state index in [-0.39, 0.29) is 0 Å². The number of aryl methyl sites for hydroxylation is 1. The molecule has 0 aromatic heterocycles. The van der Waals surface area contributed by atoms with E-state index in [1.165, 1.54) is 33.0 Å². The minimum Gasteiger partial charge on any atom is -0.328 e. The Morgan fingerprint density at radius 3 is 2.26 bits per heavy atom. The van der Waals surface area contributed by atoms with E-state index in [0.29, 0.717) is 0 Å². The van der Waals surface area contributed by atoms with E-state index in [4.69, 9.17) is 0 Å². The number of thioether (sulfide) groups is 1. The van der Waals surface area contributed by atoms with Crippen LogP contribution in [-0.2, 0) is 6.42 Å². The number of para-hydroxylation sites is 1. The normalized spacial score (nSPS) is 14.7. The second-order valence-corrected chi connectivity index (χ2v) is 6.64. The molecule has 0 atom stereocenters. The zero-order chi connectivity index (χ0) is 16.2. The van der Waals surface area contributed by atoms with Crippen LogP contribution in [0.15, 0.2) is 59.1 Å². The Balaban J connectivity index is 2.17. The van der Waals surface area contributed by atoms with Gasteiger partial charge in [0, 0.05) is 16.2 Å². The molecule has 3 rings (SSSR count). The van der Waals surface area contributed by atoms with E-state index in [0.717, 1.165) is 19.3 Å². The lowest BCUT2D eigenvalue weighted by molar-refractivity contribution is 0.969. The molecule has 23 heavy (non-hydrogen) atoms. The third kappa shape index (κ3) is 3.05. The summed E-state index contributed by atoms with van der Waals surface area (Å²) in [5.74, 6) is 2.29. The lowest BCUT2D eigenvalue weighted by Gasteiger charge is -2.26. The van der Waals surface area contributed by atoms with Crippen LogP contribution in [0, 0.1) is 5.88 Å². The maximum atomic E-state index is 2.44. The fraction of sp³-hybridized carbons (Fsp3) is 0.286. The fourth-order valence-corrected chi connectivity index (χ4v) is 4.25. The Morgan fingerprint density at radius 1 is 0.826 bits per heavy atom. The van der Waals surface area contributed by atoms with Crippen molar-refractivity contribution in [1.82, 2.24) is 0 Å². The van der Waals surface area contributed by atoms with E-state index < -0.39 is 0 Å². The summed E-state index contributed by atoms with van der Waals surface area (Å²) in [6.07, 6.45) is 3.22. The molecular formula is C21H24NS. The van der Waals surface area contributed by atoms with Gasteiger partial charge >= 0.3 is 0 Å². The molecule has 0 amide bonds.